The zero-order chi connectivity index (χ0) is 18.0. The van der Waals surface area contributed by atoms with Crippen LogP contribution in [0.25, 0.3) is 0 Å². The smallest absolute Gasteiger partial charge is 0.253 e. The molecule has 1 aliphatic heterocycles. The third-order valence-corrected chi connectivity index (χ3v) is 4.83. The molecule has 0 unspecified atom stereocenters. The van der Waals surface area contributed by atoms with E-state index in [4.69, 9.17) is 23.2 Å². The van der Waals surface area contributed by atoms with Gasteiger partial charge in [0.25, 0.3) is 5.91 Å². The lowest BCUT2D eigenvalue weighted by Gasteiger charge is -2.20. The SMILES string of the molecule is CN(Cc1ccc(Cl)cc1Cl)C(=O)c1cccc(N2CCCC2=O)c1. The summed E-state index contributed by atoms with van der Waals surface area (Å²) in [6, 6.07) is 12.4. The maximum absolute atomic E-state index is 12.7. The van der Waals surface area contributed by atoms with Gasteiger partial charge in [-0.05, 0) is 42.3 Å². The summed E-state index contributed by atoms with van der Waals surface area (Å²) in [7, 11) is 1.72. The van der Waals surface area contributed by atoms with Gasteiger partial charge in [-0.3, -0.25) is 9.59 Å². The Morgan fingerprint density at radius 2 is 2.00 bits per heavy atom. The summed E-state index contributed by atoms with van der Waals surface area (Å²) < 4.78 is 0. The number of anilines is 1. The highest BCUT2D eigenvalue weighted by Crippen LogP contribution is 2.24. The third-order valence-electron chi connectivity index (χ3n) is 4.25. The molecule has 6 heteroatoms. The number of rotatable bonds is 4. The molecule has 0 bridgehead atoms. The van der Waals surface area contributed by atoms with Crippen molar-refractivity contribution in [2.24, 2.45) is 0 Å². The summed E-state index contributed by atoms with van der Waals surface area (Å²) in [6.07, 6.45) is 1.42. The van der Waals surface area contributed by atoms with Crippen molar-refractivity contribution in [2.45, 2.75) is 19.4 Å². The Bertz CT molecular complexity index is 823. The molecule has 1 fully saturated rings. The van der Waals surface area contributed by atoms with Crippen molar-refractivity contribution >= 4 is 40.7 Å². The number of nitrogens with zero attached hydrogens (tertiary/aromatic N) is 2. The molecule has 2 aromatic rings. The second kappa shape index (κ2) is 7.46. The molecular weight excluding hydrogens is 359 g/mol. The molecule has 0 radical (unpaired) electrons. The predicted octanol–water partition coefficient (Wildman–Crippen LogP) is 4.39. The minimum absolute atomic E-state index is 0.103. The first-order chi connectivity index (χ1) is 12.0. The van der Waals surface area contributed by atoms with E-state index >= 15 is 0 Å². The molecule has 0 atom stereocenters. The van der Waals surface area contributed by atoms with Gasteiger partial charge in [-0.1, -0.05) is 35.3 Å². The second-order valence-electron chi connectivity index (χ2n) is 6.10. The van der Waals surface area contributed by atoms with Crippen LogP contribution in [-0.4, -0.2) is 30.3 Å². The van der Waals surface area contributed by atoms with Crippen molar-refractivity contribution in [3.8, 4) is 0 Å². The molecule has 0 spiro atoms. The lowest BCUT2D eigenvalue weighted by molar-refractivity contribution is -0.117. The van der Waals surface area contributed by atoms with E-state index in [2.05, 4.69) is 0 Å². The van der Waals surface area contributed by atoms with Gasteiger partial charge in [-0.15, -0.1) is 0 Å². The molecular formula is C19H18Cl2N2O2. The molecule has 0 N–H and O–H groups in total. The first-order valence-electron chi connectivity index (χ1n) is 8.05. The predicted molar refractivity (Wildman–Crippen MR) is 100 cm³/mol. The Morgan fingerprint density at radius 3 is 2.68 bits per heavy atom. The number of carbonyl (C=O) groups excluding carboxylic acids is 2. The van der Waals surface area contributed by atoms with Gasteiger partial charge in [0.1, 0.15) is 0 Å². The van der Waals surface area contributed by atoms with Crippen LogP contribution in [0.2, 0.25) is 10.0 Å². The maximum atomic E-state index is 12.7. The van der Waals surface area contributed by atoms with Gasteiger partial charge in [0, 0.05) is 47.9 Å². The lowest BCUT2D eigenvalue weighted by atomic mass is 10.1. The van der Waals surface area contributed by atoms with Crippen molar-refractivity contribution in [3.05, 3.63) is 63.6 Å². The van der Waals surface area contributed by atoms with Crippen LogP contribution in [0.5, 0.6) is 0 Å². The molecule has 1 saturated heterocycles. The van der Waals surface area contributed by atoms with Gasteiger partial charge in [0.05, 0.1) is 0 Å². The first kappa shape index (κ1) is 17.8. The molecule has 4 nitrogen and oxygen atoms in total. The number of benzene rings is 2. The summed E-state index contributed by atoms with van der Waals surface area (Å²) in [4.78, 5) is 28.0. The van der Waals surface area contributed by atoms with Crippen LogP contribution in [0, 0.1) is 0 Å². The van der Waals surface area contributed by atoms with Crippen LogP contribution in [0.4, 0.5) is 5.69 Å². The number of hydrogen-bond acceptors (Lipinski definition) is 2. The van der Waals surface area contributed by atoms with Gasteiger partial charge in [-0.2, -0.15) is 0 Å². The Labute approximate surface area is 156 Å². The first-order valence-corrected chi connectivity index (χ1v) is 8.81. The summed E-state index contributed by atoms with van der Waals surface area (Å²) >= 11 is 12.1. The Morgan fingerprint density at radius 1 is 1.20 bits per heavy atom. The average Bonchev–Trinajstić information content (AvgIpc) is 3.03. The van der Waals surface area contributed by atoms with Gasteiger partial charge in [0.15, 0.2) is 0 Å². The second-order valence-corrected chi connectivity index (χ2v) is 6.94. The van der Waals surface area contributed by atoms with Crippen molar-refractivity contribution in [1.29, 1.82) is 0 Å². The maximum Gasteiger partial charge on any atom is 0.253 e. The molecule has 2 amide bonds. The molecule has 1 aliphatic rings. The minimum Gasteiger partial charge on any atom is -0.337 e. The van der Waals surface area contributed by atoms with Crippen LogP contribution in [0.3, 0.4) is 0 Å². The Hall–Kier alpha value is -2.04. The molecule has 0 aliphatic carbocycles. The molecule has 2 aromatic carbocycles. The monoisotopic (exact) mass is 376 g/mol. The largest absolute Gasteiger partial charge is 0.337 e. The van der Waals surface area contributed by atoms with Crippen LogP contribution in [0.1, 0.15) is 28.8 Å². The third kappa shape index (κ3) is 3.97. The van der Waals surface area contributed by atoms with E-state index in [9.17, 15) is 9.59 Å². The quantitative estimate of drug-likeness (QED) is 0.793. The highest BCUT2D eigenvalue weighted by Gasteiger charge is 2.23. The van der Waals surface area contributed by atoms with Crippen molar-refractivity contribution in [2.75, 3.05) is 18.5 Å². The zero-order valence-electron chi connectivity index (χ0n) is 13.8. The number of carbonyl (C=O) groups is 2. The van der Waals surface area contributed by atoms with Gasteiger partial charge in [0.2, 0.25) is 5.91 Å². The standard InChI is InChI=1S/C19H18Cl2N2O2/c1-22(12-14-7-8-15(20)11-17(14)21)19(25)13-4-2-5-16(10-13)23-9-3-6-18(23)24/h2,4-5,7-8,10-11H,3,6,9,12H2,1H3. The van der Waals surface area contributed by atoms with E-state index in [0.717, 1.165) is 17.7 Å². The van der Waals surface area contributed by atoms with E-state index in [0.29, 0.717) is 35.1 Å². The molecule has 0 aromatic heterocycles. The number of halogens is 2. The normalized spacial score (nSPS) is 14.0. The van der Waals surface area contributed by atoms with E-state index in [1.54, 1.807) is 47.2 Å². The lowest BCUT2D eigenvalue weighted by Crippen LogP contribution is -2.27. The fourth-order valence-corrected chi connectivity index (χ4v) is 3.39. The average molecular weight is 377 g/mol. The summed E-state index contributed by atoms with van der Waals surface area (Å²) in [6.45, 7) is 1.08. The van der Waals surface area contributed by atoms with Crippen LogP contribution in [-0.2, 0) is 11.3 Å². The summed E-state index contributed by atoms with van der Waals surface area (Å²) in [5.41, 5.74) is 2.14. The number of amides is 2. The van der Waals surface area contributed by atoms with E-state index < -0.39 is 0 Å². The van der Waals surface area contributed by atoms with E-state index in [1.807, 2.05) is 12.1 Å². The minimum atomic E-state index is -0.125. The highest BCUT2D eigenvalue weighted by molar-refractivity contribution is 6.35. The summed E-state index contributed by atoms with van der Waals surface area (Å²) in [5, 5.41) is 1.09. The van der Waals surface area contributed by atoms with Crippen molar-refractivity contribution in [3.63, 3.8) is 0 Å². The fraction of sp³-hybridized carbons (Fsp3) is 0.263. The van der Waals surface area contributed by atoms with Gasteiger partial charge in [-0.25, -0.2) is 0 Å². The van der Waals surface area contributed by atoms with Crippen molar-refractivity contribution in [1.82, 2.24) is 4.90 Å². The molecule has 25 heavy (non-hydrogen) atoms. The van der Waals surface area contributed by atoms with Gasteiger partial charge >= 0.3 is 0 Å². The molecule has 3 rings (SSSR count). The number of hydrogen-bond donors (Lipinski definition) is 0. The van der Waals surface area contributed by atoms with Crippen LogP contribution < -0.4 is 4.90 Å². The van der Waals surface area contributed by atoms with Crippen LogP contribution in [0.15, 0.2) is 42.5 Å². The summed E-state index contributed by atoms with van der Waals surface area (Å²) in [5.74, 6) is -0.0228. The topological polar surface area (TPSA) is 40.6 Å². The fourth-order valence-electron chi connectivity index (χ4n) is 2.93. The molecule has 130 valence electrons. The van der Waals surface area contributed by atoms with E-state index in [1.165, 1.54) is 0 Å². The highest BCUT2D eigenvalue weighted by atomic mass is 35.5. The molecule has 1 heterocycles. The van der Waals surface area contributed by atoms with Crippen molar-refractivity contribution < 1.29 is 9.59 Å². The van der Waals surface area contributed by atoms with Crippen LogP contribution >= 0.6 is 23.2 Å². The zero-order valence-corrected chi connectivity index (χ0v) is 15.3. The van der Waals surface area contributed by atoms with Gasteiger partial charge < -0.3 is 9.80 Å². The van der Waals surface area contributed by atoms with E-state index in [-0.39, 0.29) is 11.8 Å². The Balaban J connectivity index is 1.77. The molecule has 0 saturated carbocycles. The Kier molecular flexibility index (Phi) is 5.30.